The maximum Gasteiger partial charge on any atom is 0.155 e. The highest BCUT2D eigenvalue weighted by molar-refractivity contribution is 5.92. The second kappa shape index (κ2) is 6.15. The van der Waals surface area contributed by atoms with E-state index in [0.717, 1.165) is 48.1 Å². The molecule has 4 heteroatoms. The average molecular weight is 405 g/mol. The highest BCUT2D eigenvalue weighted by Crippen LogP contribution is 2.66. The number of benzene rings is 1. The first-order valence-electron chi connectivity index (χ1n) is 11.4. The predicted octanol–water partition coefficient (Wildman–Crippen LogP) is 6.04. The summed E-state index contributed by atoms with van der Waals surface area (Å²) < 4.78 is 15.4. The molecule has 4 aliphatic rings. The van der Waals surface area contributed by atoms with Gasteiger partial charge in [-0.15, -0.1) is 0 Å². The fourth-order valence-electron chi connectivity index (χ4n) is 7.57. The van der Waals surface area contributed by atoms with Gasteiger partial charge in [0.2, 0.25) is 0 Å². The summed E-state index contributed by atoms with van der Waals surface area (Å²) in [7, 11) is 0. The number of ketones is 1. The first-order chi connectivity index (χ1) is 14.4. The molecule has 0 saturated heterocycles. The van der Waals surface area contributed by atoms with Crippen LogP contribution in [0.5, 0.6) is 0 Å². The lowest BCUT2D eigenvalue weighted by atomic mass is 9.46. The Labute approximate surface area is 176 Å². The normalized spacial score (nSPS) is 40.4. The highest BCUT2D eigenvalue weighted by atomic mass is 19.1. The number of fused-ring (bicyclic) bond motifs is 6. The third-order valence-corrected chi connectivity index (χ3v) is 9.16. The molecule has 1 heterocycles. The number of nitrogens with zero attached hydrogens (tertiary/aromatic N) is 1. The Bertz CT molecular complexity index is 1080. The summed E-state index contributed by atoms with van der Waals surface area (Å²) >= 11 is 0. The molecule has 0 aliphatic heterocycles. The van der Waals surface area contributed by atoms with Gasteiger partial charge >= 0.3 is 0 Å². The lowest BCUT2D eigenvalue weighted by Crippen LogP contribution is -2.52. The van der Waals surface area contributed by atoms with Crippen LogP contribution in [0, 0.1) is 28.6 Å². The molecule has 1 unspecified atom stereocenters. The fraction of sp³-hybridized carbons (Fsp3) is 0.538. The van der Waals surface area contributed by atoms with Crippen molar-refractivity contribution >= 4 is 22.4 Å². The van der Waals surface area contributed by atoms with Gasteiger partial charge in [-0.1, -0.05) is 32.1 Å². The lowest BCUT2D eigenvalue weighted by molar-refractivity contribution is -0.117. The number of carbonyl (C=O) groups is 1. The van der Waals surface area contributed by atoms with E-state index in [9.17, 15) is 4.79 Å². The molecule has 2 fully saturated rings. The number of allylic oxidation sites excluding steroid dienone is 4. The Kier molecular flexibility index (Phi) is 3.80. The maximum absolute atomic E-state index is 15.4. The van der Waals surface area contributed by atoms with Crippen LogP contribution in [0.4, 0.5) is 4.39 Å². The molecule has 2 aromatic rings. The fourth-order valence-corrected chi connectivity index (χ4v) is 7.57. The smallest absolute Gasteiger partial charge is 0.155 e. The molecule has 0 radical (unpaired) electrons. The van der Waals surface area contributed by atoms with Crippen LogP contribution >= 0.6 is 0 Å². The van der Waals surface area contributed by atoms with E-state index in [0.29, 0.717) is 30.6 Å². The van der Waals surface area contributed by atoms with Gasteiger partial charge in [-0.2, -0.15) is 0 Å². The van der Waals surface area contributed by atoms with E-state index in [2.05, 4.69) is 37.0 Å². The standard InChI is InChI=1S/C26H29FN2O/c1-25-12-10-18-16(14-21(27)20-13-15(30)9-11-26(18,20)2)17(25)7-8-19(25)24-28-22-5-3-4-6-23(22)29-24/h3-6,8,13,16-18,21H,7,9-12,14H2,1-2H3,(H,28,29)/t16-,17-,18-,21?,25-,26+/m0/s1. The van der Waals surface area contributed by atoms with Crippen molar-refractivity contribution < 1.29 is 9.18 Å². The second-order valence-electron chi connectivity index (χ2n) is 10.5. The Morgan fingerprint density at radius 1 is 1.13 bits per heavy atom. The largest absolute Gasteiger partial charge is 0.338 e. The Morgan fingerprint density at radius 3 is 2.80 bits per heavy atom. The van der Waals surface area contributed by atoms with Gasteiger partial charge in [0.1, 0.15) is 12.0 Å². The number of halogens is 1. The van der Waals surface area contributed by atoms with Gasteiger partial charge in [0.15, 0.2) is 5.78 Å². The van der Waals surface area contributed by atoms with Crippen molar-refractivity contribution in [2.45, 2.75) is 58.5 Å². The van der Waals surface area contributed by atoms with Crippen molar-refractivity contribution in [3.05, 3.63) is 47.8 Å². The van der Waals surface area contributed by atoms with Gasteiger partial charge in [0.05, 0.1) is 11.0 Å². The third kappa shape index (κ3) is 2.36. The number of carbonyl (C=O) groups excluding carboxylic acids is 1. The van der Waals surface area contributed by atoms with E-state index in [-0.39, 0.29) is 16.6 Å². The monoisotopic (exact) mass is 404 g/mol. The Morgan fingerprint density at radius 2 is 1.97 bits per heavy atom. The van der Waals surface area contributed by atoms with Crippen LogP contribution in [0.3, 0.4) is 0 Å². The summed E-state index contributed by atoms with van der Waals surface area (Å²) in [5, 5.41) is 0. The second-order valence-corrected chi connectivity index (χ2v) is 10.5. The predicted molar refractivity (Wildman–Crippen MR) is 116 cm³/mol. The van der Waals surface area contributed by atoms with Crippen molar-refractivity contribution in [2.75, 3.05) is 0 Å². The molecule has 0 bridgehead atoms. The maximum atomic E-state index is 15.4. The average Bonchev–Trinajstić information content (AvgIpc) is 3.29. The number of hydrogen-bond donors (Lipinski definition) is 1. The van der Waals surface area contributed by atoms with Crippen LogP contribution < -0.4 is 0 Å². The molecule has 0 spiro atoms. The van der Waals surface area contributed by atoms with Crippen molar-refractivity contribution in [1.82, 2.24) is 9.97 Å². The molecule has 156 valence electrons. The van der Waals surface area contributed by atoms with Crippen LogP contribution in [0.15, 0.2) is 42.0 Å². The van der Waals surface area contributed by atoms with Gasteiger partial charge < -0.3 is 4.98 Å². The van der Waals surface area contributed by atoms with Crippen LogP contribution in [-0.2, 0) is 4.79 Å². The Hall–Kier alpha value is -2.23. The minimum absolute atomic E-state index is 0.0385. The number of alkyl halides is 1. The molecule has 1 N–H and O–H groups in total. The lowest BCUT2D eigenvalue weighted by Gasteiger charge is -2.58. The van der Waals surface area contributed by atoms with Crippen LogP contribution in [0.2, 0.25) is 0 Å². The molecule has 30 heavy (non-hydrogen) atoms. The van der Waals surface area contributed by atoms with Gasteiger partial charge in [0, 0.05) is 6.42 Å². The number of hydrogen-bond acceptors (Lipinski definition) is 2. The molecule has 1 aromatic heterocycles. The zero-order valence-electron chi connectivity index (χ0n) is 17.7. The van der Waals surface area contributed by atoms with Gasteiger partial charge in [-0.3, -0.25) is 4.79 Å². The van der Waals surface area contributed by atoms with Gasteiger partial charge in [0.25, 0.3) is 0 Å². The molecular weight excluding hydrogens is 375 g/mol. The SMILES string of the molecule is C[C@]12CCC(=O)C=C1C(F)C[C@@H]1[C@@H]2CC[C@]2(C)C(c3nc4ccccc4[nH]3)=CC[C@@H]12. The van der Waals surface area contributed by atoms with Crippen molar-refractivity contribution in [1.29, 1.82) is 0 Å². The van der Waals surface area contributed by atoms with Crippen molar-refractivity contribution in [3.8, 4) is 0 Å². The summed E-state index contributed by atoms with van der Waals surface area (Å²) in [4.78, 5) is 20.4. The van der Waals surface area contributed by atoms with E-state index in [1.165, 1.54) is 5.57 Å². The molecule has 0 amide bonds. The number of aromatic amines is 1. The summed E-state index contributed by atoms with van der Waals surface area (Å²) in [5.74, 6) is 2.40. The summed E-state index contributed by atoms with van der Waals surface area (Å²) in [6, 6.07) is 8.18. The number of para-hydroxylation sites is 2. The van der Waals surface area contributed by atoms with Crippen molar-refractivity contribution in [2.24, 2.45) is 28.6 Å². The summed E-state index contributed by atoms with van der Waals surface area (Å²) in [6.45, 7) is 4.62. The molecule has 6 rings (SSSR count). The summed E-state index contributed by atoms with van der Waals surface area (Å²) in [6.07, 6.45) is 8.22. The first kappa shape index (κ1) is 18.5. The zero-order valence-corrected chi connectivity index (χ0v) is 17.7. The molecule has 4 aliphatic carbocycles. The van der Waals surface area contributed by atoms with E-state index >= 15 is 4.39 Å². The van der Waals surface area contributed by atoms with E-state index in [4.69, 9.17) is 4.98 Å². The number of nitrogens with one attached hydrogen (secondary N) is 1. The quantitative estimate of drug-likeness (QED) is 0.630. The van der Waals surface area contributed by atoms with Crippen molar-refractivity contribution in [3.63, 3.8) is 0 Å². The van der Waals surface area contributed by atoms with Gasteiger partial charge in [-0.05, 0) is 90.0 Å². The topological polar surface area (TPSA) is 45.8 Å². The highest BCUT2D eigenvalue weighted by Gasteiger charge is 2.59. The van der Waals surface area contributed by atoms with Crippen LogP contribution in [0.1, 0.15) is 58.2 Å². The minimum atomic E-state index is -0.974. The molecular formula is C26H29FN2O. The third-order valence-electron chi connectivity index (χ3n) is 9.16. The van der Waals surface area contributed by atoms with Crippen LogP contribution in [0.25, 0.3) is 16.6 Å². The molecule has 6 atom stereocenters. The molecule has 2 saturated carbocycles. The molecule has 1 aromatic carbocycles. The summed E-state index contributed by atoms with van der Waals surface area (Å²) in [5.41, 5.74) is 4.08. The van der Waals surface area contributed by atoms with E-state index in [1.54, 1.807) is 6.08 Å². The number of imidazole rings is 1. The number of rotatable bonds is 1. The van der Waals surface area contributed by atoms with E-state index in [1.807, 2.05) is 12.1 Å². The number of H-pyrrole nitrogens is 1. The minimum Gasteiger partial charge on any atom is -0.338 e. The molecule has 3 nitrogen and oxygen atoms in total. The zero-order chi connectivity index (χ0) is 20.7. The van der Waals surface area contributed by atoms with E-state index < -0.39 is 6.17 Å². The first-order valence-corrected chi connectivity index (χ1v) is 11.4. The number of aromatic nitrogens is 2. The van der Waals surface area contributed by atoms with Gasteiger partial charge in [-0.25, -0.2) is 9.37 Å². The van der Waals surface area contributed by atoms with Crippen LogP contribution in [-0.4, -0.2) is 21.9 Å². The Balaban J connectivity index is 1.36.